The molecule has 1 atom stereocenters. The van der Waals surface area contributed by atoms with Crippen molar-refractivity contribution in [2.75, 3.05) is 11.9 Å². The van der Waals surface area contributed by atoms with E-state index in [0.29, 0.717) is 12.1 Å². The van der Waals surface area contributed by atoms with Gasteiger partial charge in [-0.3, -0.25) is 0 Å². The van der Waals surface area contributed by atoms with Crippen molar-refractivity contribution in [3.8, 4) is 0 Å². The zero-order chi connectivity index (χ0) is 12.5. The molecule has 17 heavy (non-hydrogen) atoms. The van der Waals surface area contributed by atoms with E-state index in [2.05, 4.69) is 48.8 Å². The highest BCUT2D eigenvalue weighted by atomic mass is 16.5. The Morgan fingerprint density at radius 1 is 1.53 bits per heavy atom. The molecular formula is C13H23N3O. The molecule has 1 unspecified atom stereocenters. The number of hydrogen-bond acceptors (Lipinski definition) is 3. The molecule has 1 saturated heterocycles. The number of hydrogen-bond donors (Lipinski definition) is 1. The molecule has 0 aliphatic carbocycles. The van der Waals surface area contributed by atoms with E-state index < -0.39 is 0 Å². The van der Waals surface area contributed by atoms with Crippen molar-refractivity contribution in [3.63, 3.8) is 0 Å². The van der Waals surface area contributed by atoms with Crippen molar-refractivity contribution in [1.29, 1.82) is 0 Å². The summed E-state index contributed by atoms with van der Waals surface area (Å²) in [7, 11) is 0. The maximum absolute atomic E-state index is 5.76. The molecule has 0 aromatic carbocycles. The Morgan fingerprint density at radius 2 is 2.29 bits per heavy atom. The second-order valence-electron chi connectivity index (χ2n) is 5.71. The molecule has 96 valence electrons. The van der Waals surface area contributed by atoms with Crippen LogP contribution in [0.5, 0.6) is 0 Å². The molecular weight excluding hydrogens is 214 g/mol. The lowest BCUT2D eigenvalue weighted by atomic mass is 9.94. The molecule has 1 aliphatic rings. The summed E-state index contributed by atoms with van der Waals surface area (Å²) in [5.74, 6) is 0.975. The van der Waals surface area contributed by atoms with Gasteiger partial charge in [-0.2, -0.15) is 0 Å². The summed E-state index contributed by atoms with van der Waals surface area (Å²) in [4.78, 5) is 4.39. The highest BCUT2D eigenvalue weighted by molar-refractivity contribution is 5.28. The zero-order valence-electron chi connectivity index (χ0n) is 11.2. The lowest BCUT2D eigenvalue weighted by Crippen LogP contribution is -2.35. The summed E-state index contributed by atoms with van der Waals surface area (Å²) >= 11 is 0. The van der Waals surface area contributed by atoms with Crippen LogP contribution in [0.25, 0.3) is 0 Å². The van der Waals surface area contributed by atoms with Crippen molar-refractivity contribution >= 4 is 5.95 Å². The van der Waals surface area contributed by atoms with Gasteiger partial charge in [0.2, 0.25) is 5.95 Å². The Labute approximate surface area is 103 Å². The fourth-order valence-electron chi connectivity index (χ4n) is 2.41. The normalized spacial score (nSPS) is 23.9. The van der Waals surface area contributed by atoms with Gasteiger partial charge in [0.25, 0.3) is 0 Å². The zero-order valence-corrected chi connectivity index (χ0v) is 11.2. The molecule has 4 nitrogen and oxygen atoms in total. The molecule has 0 saturated carbocycles. The van der Waals surface area contributed by atoms with E-state index in [1.165, 1.54) is 0 Å². The summed E-state index contributed by atoms with van der Waals surface area (Å²) in [6, 6.07) is 0.895. The van der Waals surface area contributed by atoms with Gasteiger partial charge in [-0.1, -0.05) is 0 Å². The minimum atomic E-state index is -0.0255. The average molecular weight is 237 g/mol. The molecule has 1 fully saturated rings. The van der Waals surface area contributed by atoms with E-state index in [1.54, 1.807) is 0 Å². The van der Waals surface area contributed by atoms with E-state index in [1.807, 2.05) is 6.20 Å². The summed E-state index contributed by atoms with van der Waals surface area (Å²) in [5, 5.41) is 3.39. The fourth-order valence-corrected chi connectivity index (χ4v) is 2.41. The van der Waals surface area contributed by atoms with Crippen molar-refractivity contribution in [2.24, 2.45) is 0 Å². The van der Waals surface area contributed by atoms with Crippen LogP contribution >= 0.6 is 0 Å². The first-order valence-corrected chi connectivity index (χ1v) is 6.41. The number of ether oxygens (including phenoxy) is 1. The highest BCUT2D eigenvalue weighted by Gasteiger charge is 2.30. The molecule has 1 N–H and O–H groups in total. The minimum Gasteiger partial charge on any atom is -0.375 e. The van der Waals surface area contributed by atoms with Crippen LogP contribution < -0.4 is 5.32 Å². The van der Waals surface area contributed by atoms with Crippen LogP contribution in [0.15, 0.2) is 12.4 Å². The van der Waals surface area contributed by atoms with E-state index in [0.717, 1.165) is 25.4 Å². The number of nitrogens with one attached hydrogen (secondary N) is 1. The van der Waals surface area contributed by atoms with Crippen LogP contribution in [0.3, 0.4) is 0 Å². The standard InChI is InChI=1S/C13H23N3O/c1-10(2)15-12-14-6-7-16(12)11-5-8-17-13(3,4)9-11/h6-7,10-11H,5,8-9H2,1-4H3,(H,14,15). The predicted octanol–water partition coefficient (Wildman–Crippen LogP) is 2.83. The fraction of sp³-hybridized carbons (Fsp3) is 0.769. The number of aromatic nitrogens is 2. The van der Waals surface area contributed by atoms with E-state index in [9.17, 15) is 0 Å². The first-order chi connectivity index (χ1) is 7.98. The third-order valence-corrected chi connectivity index (χ3v) is 3.15. The molecule has 1 aromatic heterocycles. The summed E-state index contributed by atoms with van der Waals surface area (Å²) < 4.78 is 8.01. The summed E-state index contributed by atoms with van der Waals surface area (Å²) in [5.41, 5.74) is -0.0255. The first kappa shape index (κ1) is 12.4. The molecule has 0 spiro atoms. The highest BCUT2D eigenvalue weighted by Crippen LogP contribution is 2.33. The molecule has 2 heterocycles. The lowest BCUT2D eigenvalue weighted by molar-refractivity contribution is -0.0688. The maximum atomic E-state index is 5.76. The van der Waals surface area contributed by atoms with Gasteiger partial charge < -0.3 is 14.6 Å². The Hall–Kier alpha value is -1.03. The second-order valence-corrected chi connectivity index (χ2v) is 5.71. The van der Waals surface area contributed by atoms with Crippen molar-refractivity contribution < 1.29 is 4.74 Å². The van der Waals surface area contributed by atoms with Crippen LogP contribution in [-0.4, -0.2) is 27.8 Å². The van der Waals surface area contributed by atoms with Crippen LogP contribution in [0, 0.1) is 0 Å². The first-order valence-electron chi connectivity index (χ1n) is 6.41. The molecule has 1 aliphatic heterocycles. The van der Waals surface area contributed by atoms with E-state index >= 15 is 0 Å². The average Bonchev–Trinajstić information content (AvgIpc) is 2.63. The molecule has 4 heteroatoms. The van der Waals surface area contributed by atoms with Gasteiger partial charge >= 0.3 is 0 Å². The maximum Gasteiger partial charge on any atom is 0.203 e. The molecule has 1 aromatic rings. The minimum absolute atomic E-state index is 0.0255. The molecule has 0 amide bonds. The van der Waals surface area contributed by atoms with Crippen LogP contribution in [0.2, 0.25) is 0 Å². The van der Waals surface area contributed by atoms with Crippen LogP contribution in [0.4, 0.5) is 5.95 Å². The SMILES string of the molecule is CC(C)Nc1nccn1C1CCOC(C)(C)C1. The predicted molar refractivity (Wildman–Crippen MR) is 69.3 cm³/mol. The molecule has 0 radical (unpaired) electrons. The third kappa shape index (κ3) is 3.00. The van der Waals surface area contributed by atoms with E-state index in [4.69, 9.17) is 4.74 Å². The summed E-state index contributed by atoms with van der Waals surface area (Å²) in [6.07, 6.45) is 6.03. The van der Waals surface area contributed by atoms with Crippen molar-refractivity contribution in [3.05, 3.63) is 12.4 Å². The number of nitrogens with zero attached hydrogens (tertiary/aromatic N) is 2. The Balaban J connectivity index is 2.13. The Kier molecular flexibility index (Phi) is 3.43. The quantitative estimate of drug-likeness (QED) is 0.878. The Bertz CT molecular complexity index is 370. The second kappa shape index (κ2) is 4.69. The topological polar surface area (TPSA) is 39.1 Å². The number of anilines is 1. The van der Waals surface area contributed by atoms with Gasteiger partial charge in [0.05, 0.1) is 5.60 Å². The van der Waals surface area contributed by atoms with Gasteiger partial charge in [-0.15, -0.1) is 0 Å². The van der Waals surface area contributed by atoms with Gasteiger partial charge in [0.1, 0.15) is 0 Å². The molecule has 0 bridgehead atoms. The monoisotopic (exact) mass is 237 g/mol. The Morgan fingerprint density at radius 3 is 2.94 bits per heavy atom. The van der Waals surface area contributed by atoms with Gasteiger partial charge in [0.15, 0.2) is 0 Å². The van der Waals surface area contributed by atoms with Gasteiger partial charge in [-0.25, -0.2) is 4.98 Å². The van der Waals surface area contributed by atoms with Crippen LogP contribution in [0.1, 0.15) is 46.6 Å². The van der Waals surface area contributed by atoms with Gasteiger partial charge in [0, 0.05) is 31.1 Å². The van der Waals surface area contributed by atoms with Crippen molar-refractivity contribution in [2.45, 2.75) is 58.2 Å². The molecule has 2 rings (SSSR count). The lowest BCUT2D eigenvalue weighted by Gasteiger charge is -2.36. The van der Waals surface area contributed by atoms with Crippen molar-refractivity contribution in [1.82, 2.24) is 9.55 Å². The largest absolute Gasteiger partial charge is 0.375 e. The number of imidazole rings is 1. The van der Waals surface area contributed by atoms with E-state index in [-0.39, 0.29) is 5.60 Å². The van der Waals surface area contributed by atoms with Gasteiger partial charge in [-0.05, 0) is 40.5 Å². The van der Waals surface area contributed by atoms with Crippen LogP contribution in [-0.2, 0) is 4.74 Å². The number of rotatable bonds is 3. The smallest absolute Gasteiger partial charge is 0.203 e. The third-order valence-electron chi connectivity index (χ3n) is 3.15. The summed E-state index contributed by atoms with van der Waals surface area (Å²) in [6.45, 7) is 9.41.